The molecule has 108 valence electrons. The SMILES string of the molecule is CC(=O)OC(OC1CC2CC1C1CCCC21)C(C)C. The lowest BCUT2D eigenvalue weighted by Crippen LogP contribution is -2.37. The predicted octanol–water partition coefficient (Wildman–Crippen LogP) is 3.37. The first-order valence-electron chi connectivity index (χ1n) is 7.89. The Hall–Kier alpha value is -0.570. The molecule has 0 aromatic rings. The molecule has 0 spiro atoms. The molecule has 2 bridgehead atoms. The zero-order valence-electron chi connectivity index (χ0n) is 12.3. The lowest BCUT2D eigenvalue weighted by Gasteiger charge is -2.34. The second kappa shape index (κ2) is 5.08. The van der Waals surface area contributed by atoms with Crippen LogP contribution >= 0.6 is 0 Å². The molecule has 3 saturated carbocycles. The third-order valence-electron chi connectivity index (χ3n) is 5.50. The maximum Gasteiger partial charge on any atom is 0.304 e. The first-order chi connectivity index (χ1) is 9.06. The lowest BCUT2D eigenvalue weighted by molar-refractivity contribution is -0.208. The van der Waals surface area contributed by atoms with Gasteiger partial charge >= 0.3 is 5.97 Å². The van der Waals surface area contributed by atoms with Gasteiger partial charge in [-0.15, -0.1) is 0 Å². The summed E-state index contributed by atoms with van der Waals surface area (Å²) in [6, 6.07) is 0. The molecule has 3 fully saturated rings. The van der Waals surface area contributed by atoms with Crippen molar-refractivity contribution in [2.24, 2.45) is 29.6 Å². The van der Waals surface area contributed by atoms with Crippen LogP contribution in [0.1, 0.15) is 52.9 Å². The predicted molar refractivity (Wildman–Crippen MR) is 72.3 cm³/mol. The fourth-order valence-electron chi connectivity index (χ4n) is 4.82. The Bertz CT molecular complexity index is 352. The fraction of sp³-hybridized carbons (Fsp3) is 0.938. The van der Waals surface area contributed by atoms with Crippen molar-refractivity contribution in [3.8, 4) is 0 Å². The average Bonchev–Trinajstić information content (AvgIpc) is 2.98. The number of carbonyl (C=O) groups excluding carboxylic acids is 1. The minimum Gasteiger partial charge on any atom is -0.436 e. The van der Waals surface area contributed by atoms with Gasteiger partial charge in [-0.1, -0.05) is 20.3 Å². The second-order valence-electron chi connectivity index (χ2n) is 7.05. The largest absolute Gasteiger partial charge is 0.436 e. The van der Waals surface area contributed by atoms with E-state index in [9.17, 15) is 4.79 Å². The molecule has 0 aliphatic heterocycles. The van der Waals surface area contributed by atoms with Crippen molar-refractivity contribution in [3.05, 3.63) is 0 Å². The van der Waals surface area contributed by atoms with Crippen molar-refractivity contribution < 1.29 is 14.3 Å². The van der Waals surface area contributed by atoms with Gasteiger partial charge in [0, 0.05) is 12.8 Å². The summed E-state index contributed by atoms with van der Waals surface area (Å²) in [6.07, 6.45) is 6.76. The van der Waals surface area contributed by atoms with Crippen LogP contribution in [0.15, 0.2) is 0 Å². The van der Waals surface area contributed by atoms with Gasteiger partial charge in [0.25, 0.3) is 0 Å². The van der Waals surface area contributed by atoms with E-state index in [0.29, 0.717) is 6.10 Å². The van der Waals surface area contributed by atoms with Crippen molar-refractivity contribution in [1.29, 1.82) is 0 Å². The normalized spacial score (nSPS) is 41.6. The number of ether oxygens (including phenoxy) is 2. The summed E-state index contributed by atoms with van der Waals surface area (Å²) >= 11 is 0. The molecule has 0 heterocycles. The van der Waals surface area contributed by atoms with Gasteiger partial charge in [-0.3, -0.25) is 4.79 Å². The number of hydrogen-bond donors (Lipinski definition) is 0. The van der Waals surface area contributed by atoms with Crippen LogP contribution in [0.5, 0.6) is 0 Å². The Kier molecular flexibility index (Phi) is 3.59. The van der Waals surface area contributed by atoms with E-state index in [0.717, 1.165) is 23.7 Å². The van der Waals surface area contributed by atoms with Gasteiger partial charge in [0.2, 0.25) is 6.29 Å². The third-order valence-corrected chi connectivity index (χ3v) is 5.50. The molecule has 0 radical (unpaired) electrons. The summed E-state index contributed by atoms with van der Waals surface area (Å²) in [6.45, 7) is 5.57. The van der Waals surface area contributed by atoms with Gasteiger partial charge < -0.3 is 9.47 Å². The van der Waals surface area contributed by atoms with Crippen LogP contribution in [-0.4, -0.2) is 18.4 Å². The molecule has 6 atom stereocenters. The molecule has 19 heavy (non-hydrogen) atoms. The van der Waals surface area contributed by atoms with E-state index in [-0.39, 0.29) is 18.2 Å². The van der Waals surface area contributed by atoms with Crippen LogP contribution in [0.3, 0.4) is 0 Å². The third kappa shape index (κ3) is 2.42. The molecule has 0 saturated heterocycles. The molecule has 3 heteroatoms. The highest BCUT2D eigenvalue weighted by Gasteiger charge is 2.54. The van der Waals surface area contributed by atoms with E-state index in [1.807, 2.05) is 0 Å². The molecular weight excluding hydrogens is 240 g/mol. The number of hydrogen-bond acceptors (Lipinski definition) is 3. The molecule has 3 nitrogen and oxygen atoms in total. The van der Waals surface area contributed by atoms with Gasteiger partial charge in [-0.2, -0.15) is 0 Å². The molecule has 3 rings (SSSR count). The van der Waals surface area contributed by atoms with Gasteiger partial charge in [-0.05, 0) is 49.4 Å². The number of esters is 1. The van der Waals surface area contributed by atoms with E-state index in [4.69, 9.17) is 9.47 Å². The molecule has 6 unspecified atom stereocenters. The van der Waals surface area contributed by atoms with Gasteiger partial charge in [-0.25, -0.2) is 0 Å². The highest BCUT2D eigenvalue weighted by molar-refractivity contribution is 5.66. The van der Waals surface area contributed by atoms with Crippen LogP contribution in [0.25, 0.3) is 0 Å². The number of carbonyl (C=O) groups is 1. The van der Waals surface area contributed by atoms with Crippen LogP contribution < -0.4 is 0 Å². The van der Waals surface area contributed by atoms with E-state index >= 15 is 0 Å². The second-order valence-corrected chi connectivity index (χ2v) is 7.05. The molecule has 0 amide bonds. The Morgan fingerprint density at radius 1 is 1.11 bits per heavy atom. The lowest BCUT2D eigenvalue weighted by atomic mass is 9.80. The van der Waals surface area contributed by atoms with E-state index in [1.54, 1.807) is 0 Å². The molecule has 0 N–H and O–H groups in total. The summed E-state index contributed by atoms with van der Waals surface area (Å²) in [5, 5.41) is 0. The monoisotopic (exact) mass is 266 g/mol. The van der Waals surface area contributed by atoms with Crippen molar-refractivity contribution in [3.63, 3.8) is 0 Å². The molecule has 3 aliphatic carbocycles. The van der Waals surface area contributed by atoms with Crippen molar-refractivity contribution in [2.45, 2.75) is 65.3 Å². The Balaban J connectivity index is 1.62. The van der Waals surface area contributed by atoms with Crippen LogP contribution in [0.4, 0.5) is 0 Å². The maximum absolute atomic E-state index is 11.2. The fourth-order valence-corrected chi connectivity index (χ4v) is 4.82. The average molecular weight is 266 g/mol. The van der Waals surface area contributed by atoms with Crippen molar-refractivity contribution >= 4 is 5.97 Å². The number of fused-ring (bicyclic) bond motifs is 5. The maximum atomic E-state index is 11.2. The van der Waals surface area contributed by atoms with Crippen LogP contribution in [0.2, 0.25) is 0 Å². The minimum atomic E-state index is -0.360. The van der Waals surface area contributed by atoms with Crippen molar-refractivity contribution in [1.82, 2.24) is 0 Å². The smallest absolute Gasteiger partial charge is 0.304 e. The zero-order chi connectivity index (χ0) is 13.6. The van der Waals surface area contributed by atoms with E-state index in [2.05, 4.69) is 13.8 Å². The minimum absolute atomic E-state index is 0.224. The Labute approximate surface area is 116 Å². The quantitative estimate of drug-likeness (QED) is 0.578. The number of rotatable bonds is 4. The molecule has 0 aromatic heterocycles. The Morgan fingerprint density at radius 3 is 2.53 bits per heavy atom. The topological polar surface area (TPSA) is 35.5 Å². The van der Waals surface area contributed by atoms with Crippen LogP contribution in [-0.2, 0) is 14.3 Å². The molecule has 0 aromatic carbocycles. The summed E-state index contributed by atoms with van der Waals surface area (Å²) in [5.74, 6) is 3.48. The first-order valence-corrected chi connectivity index (χ1v) is 7.89. The summed E-state index contributed by atoms with van der Waals surface area (Å²) < 4.78 is 11.5. The summed E-state index contributed by atoms with van der Waals surface area (Å²) in [4.78, 5) is 11.2. The highest BCUT2D eigenvalue weighted by Crippen LogP contribution is 2.59. The molecule has 3 aliphatic rings. The van der Waals surface area contributed by atoms with Gasteiger partial charge in [0.15, 0.2) is 0 Å². The van der Waals surface area contributed by atoms with E-state index in [1.165, 1.54) is 39.0 Å². The van der Waals surface area contributed by atoms with Gasteiger partial charge in [0.05, 0.1) is 6.10 Å². The van der Waals surface area contributed by atoms with Gasteiger partial charge in [0.1, 0.15) is 0 Å². The van der Waals surface area contributed by atoms with Crippen molar-refractivity contribution in [2.75, 3.05) is 0 Å². The standard InChI is InChI=1S/C16H26O3/c1-9(2)16(18-10(3)17)19-15-8-11-7-14(15)13-6-4-5-12(11)13/h9,11-16H,4-8H2,1-3H3. The highest BCUT2D eigenvalue weighted by atomic mass is 16.7. The van der Waals surface area contributed by atoms with Crippen LogP contribution in [0, 0.1) is 29.6 Å². The summed E-state index contributed by atoms with van der Waals surface area (Å²) in [7, 11) is 0. The first kappa shape index (κ1) is 13.4. The zero-order valence-corrected chi connectivity index (χ0v) is 12.3. The molecular formula is C16H26O3. The summed E-state index contributed by atoms with van der Waals surface area (Å²) in [5.41, 5.74) is 0. The van der Waals surface area contributed by atoms with E-state index < -0.39 is 0 Å². The Morgan fingerprint density at radius 2 is 1.84 bits per heavy atom.